The molecule has 0 aromatic heterocycles. The quantitative estimate of drug-likeness (QED) is 0.559. The van der Waals surface area contributed by atoms with Gasteiger partial charge < -0.3 is 25.0 Å². The van der Waals surface area contributed by atoms with Crippen molar-refractivity contribution in [2.75, 3.05) is 39.9 Å². The molecule has 2 bridgehead atoms. The third-order valence-corrected chi connectivity index (χ3v) is 9.32. The average molecular weight is 587 g/mol. The number of methoxy groups -OCH3 is 1. The summed E-state index contributed by atoms with van der Waals surface area (Å²) in [6.45, 7) is 5.47. The summed E-state index contributed by atoms with van der Waals surface area (Å²) in [5.41, 5.74) is 3.25. The Labute approximate surface area is 253 Å². The molecule has 2 aromatic rings. The fourth-order valence-electron chi connectivity index (χ4n) is 7.37. The number of rotatable bonds is 5. The van der Waals surface area contributed by atoms with Gasteiger partial charge in [0.25, 0.3) is 0 Å². The molecule has 0 saturated carbocycles. The summed E-state index contributed by atoms with van der Waals surface area (Å²) >= 11 is 0. The molecular weight excluding hydrogens is 544 g/mol. The topological polar surface area (TPSA) is 100 Å². The lowest BCUT2D eigenvalue weighted by atomic mass is 9.77. The minimum absolute atomic E-state index is 0.0154. The van der Waals surface area contributed by atoms with Crippen LogP contribution in [-0.4, -0.2) is 85.5 Å². The molecule has 3 saturated heterocycles. The number of amides is 3. The molecule has 4 aliphatic heterocycles. The van der Waals surface area contributed by atoms with E-state index in [1.807, 2.05) is 42.5 Å². The van der Waals surface area contributed by atoms with Crippen LogP contribution in [0.25, 0.3) is 6.08 Å². The van der Waals surface area contributed by atoms with E-state index in [0.717, 1.165) is 55.1 Å². The Morgan fingerprint density at radius 3 is 2.65 bits per heavy atom. The van der Waals surface area contributed by atoms with Crippen molar-refractivity contribution in [2.45, 2.75) is 57.2 Å². The van der Waals surface area contributed by atoms with E-state index in [-0.39, 0.29) is 23.8 Å². The molecule has 4 aliphatic rings. The molecule has 228 valence electrons. The molecule has 4 heterocycles. The summed E-state index contributed by atoms with van der Waals surface area (Å²) in [6.07, 6.45) is 5.49. The first-order valence-electron chi connectivity index (χ1n) is 15.5. The Morgan fingerprint density at radius 2 is 1.84 bits per heavy atom. The molecule has 2 N–H and O–H groups in total. The number of fused-ring (bicyclic) bond motifs is 5. The Morgan fingerprint density at radius 1 is 1.00 bits per heavy atom. The number of ether oxygens (including phenoxy) is 2. The standard InChI is InChI=1S/C34H42N4O5/c1-22-33(40)36-28(16-23-8-4-3-5-9-23)34(41)38-19-24-14-27(29(38)11-7-13-31(39)35-22)20-37(17-24)18-25-15-26-10-6-12-30(42-2)32(26)43-21-25/h3-6,8-10,12,15,22,24,27-29H,7,11,13-14,16-21H2,1-2H3,(H,35,39)(H,36,40)/t22-,24+,27-,28+,29+/m1/s1. The van der Waals surface area contributed by atoms with Crippen LogP contribution < -0.4 is 20.1 Å². The summed E-state index contributed by atoms with van der Waals surface area (Å²) in [6, 6.07) is 14.4. The molecule has 9 heteroatoms. The van der Waals surface area contributed by atoms with Gasteiger partial charge in [0.2, 0.25) is 17.7 Å². The normalized spacial score (nSPS) is 28.1. The first kappa shape index (κ1) is 29.2. The van der Waals surface area contributed by atoms with Gasteiger partial charge in [0.15, 0.2) is 11.5 Å². The van der Waals surface area contributed by atoms with Crippen LogP contribution in [-0.2, 0) is 20.8 Å². The number of carbonyl (C=O) groups is 3. The third kappa shape index (κ3) is 6.56. The predicted molar refractivity (Wildman–Crippen MR) is 164 cm³/mol. The van der Waals surface area contributed by atoms with Gasteiger partial charge in [0.05, 0.1) is 7.11 Å². The number of carbonyl (C=O) groups excluding carboxylic acids is 3. The molecule has 2 aromatic carbocycles. The summed E-state index contributed by atoms with van der Waals surface area (Å²) in [7, 11) is 1.66. The minimum atomic E-state index is -0.700. The van der Waals surface area contributed by atoms with Crippen molar-refractivity contribution >= 4 is 23.8 Å². The molecule has 43 heavy (non-hydrogen) atoms. The minimum Gasteiger partial charge on any atom is -0.493 e. The van der Waals surface area contributed by atoms with E-state index in [1.165, 1.54) is 5.57 Å². The molecule has 0 aliphatic carbocycles. The number of likely N-dealkylation sites (tertiary alicyclic amines) is 1. The van der Waals surface area contributed by atoms with Crippen LogP contribution in [0.4, 0.5) is 0 Å². The van der Waals surface area contributed by atoms with E-state index in [4.69, 9.17) is 9.47 Å². The highest BCUT2D eigenvalue weighted by Crippen LogP contribution is 2.38. The molecule has 3 amide bonds. The van der Waals surface area contributed by atoms with Gasteiger partial charge >= 0.3 is 0 Å². The molecular formula is C34H42N4O5. The summed E-state index contributed by atoms with van der Waals surface area (Å²) in [5.74, 6) is 1.72. The number of para-hydroxylation sites is 1. The molecule has 6 rings (SSSR count). The van der Waals surface area contributed by atoms with Gasteiger partial charge in [-0.1, -0.05) is 42.5 Å². The van der Waals surface area contributed by atoms with Crippen molar-refractivity contribution in [2.24, 2.45) is 11.8 Å². The Balaban J connectivity index is 1.22. The third-order valence-electron chi connectivity index (χ3n) is 9.32. The average Bonchev–Trinajstić information content (AvgIpc) is 3.00. The van der Waals surface area contributed by atoms with Crippen molar-refractivity contribution < 1.29 is 23.9 Å². The maximum Gasteiger partial charge on any atom is 0.245 e. The van der Waals surface area contributed by atoms with Gasteiger partial charge in [0, 0.05) is 50.6 Å². The van der Waals surface area contributed by atoms with Gasteiger partial charge in [-0.15, -0.1) is 0 Å². The molecule has 9 nitrogen and oxygen atoms in total. The molecule has 3 fully saturated rings. The number of nitrogens with one attached hydrogen (secondary N) is 2. The fraction of sp³-hybridized carbons (Fsp3) is 0.500. The first-order valence-corrected chi connectivity index (χ1v) is 15.5. The molecule has 0 radical (unpaired) electrons. The van der Waals surface area contributed by atoms with Crippen LogP contribution >= 0.6 is 0 Å². The largest absolute Gasteiger partial charge is 0.493 e. The van der Waals surface area contributed by atoms with Crippen LogP contribution in [0.15, 0.2) is 54.1 Å². The number of benzene rings is 2. The summed E-state index contributed by atoms with van der Waals surface area (Å²) in [5, 5.41) is 5.81. The van der Waals surface area contributed by atoms with Crippen molar-refractivity contribution in [1.29, 1.82) is 0 Å². The van der Waals surface area contributed by atoms with Crippen LogP contribution in [0.1, 0.15) is 43.7 Å². The second kappa shape index (κ2) is 12.8. The van der Waals surface area contributed by atoms with Gasteiger partial charge in [0.1, 0.15) is 18.7 Å². The number of piperidine rings is 2. The summed E-state index contributed by atoms with van der Waals surface area (Å²) < 4.78 is 11.6. The Bertz CT molecular complexity index is 1380. The maximum absolute atomic E-state index is 14.3. The zero-order chi connectivity index (χ0) is 29.9. The lowest BCUT2D eigenvalue weighted by Crippen LogP contribution is -2.63. The van der Waals surface area contributed by atoms with Crippen molar-refractivity contribution in [3.8, 4) is 11.5 Å². The highest BCUT2D eigenvalue weighted by Gasteiger charge is 2.44. The van der Waals surface area contributed by atoms with Gasteiger partial charge in [-0.05, 0) is 61.3 Å². The number of hydrogen-bond acceptors (Lipinski definition) is 6. The zero-order valence-corrected chi connectivity index (χ0v) is 25.1. The van der Waals surface area contributed by atoms with Crippen molar-refractivity contribution in [1.82, 2.24) is 20.4 Å². The first-order chi connectivity index (χ1) is 20.9. The molecule has 0 spiro atoms. The lowest BCUT2D eigenvalue weighted by molar-refractivity contribution is -0.145. The highest BCUT2D eigenvalue weighted by atomic mass is 16.5. The molecule has 5 atom stereocenters. The van der Waals surface area contributed by atoms with E-state index in [1.54, 1.807) is 14.0 Å². The fourth-order valence-corrected chi connectivity index (χ4v) is 7.37. The monoisotopic (exact) mass is 586 g/mol. The van der Waals surface area contributed by atoms with Crippen LogP contribution in [0, 0.1) is 11.8 Å². The van der Waals surface area contributed by atoms with E-state index < -0.39 is 12.1 Å². The predicted octanol–water partition coefficient (Wildman–Crippen LogP) is 3.04. The van der Waals surface area contributed by atoms with Crippen molar-refractivity contribution in [3.63, 3.8) is 0 Å². The number of nitrogens with zero attached hydrogens (tertiary/aromatic N) is 2. The summed E-state index contributed by atoms with van der Waals surface area (Å²) in [4.78, 5) is 44.6. The maximum atomic E-state index is 14.3. The van der Waals surface area contributed by atoms with E-state index in [9.17, 15) is 14.4 Å². The lowest BCUT2D eigenvalue weighted by Gasteiger charge is -2.52. The van der Waals surface area contributed by atoms with E-state index in [2.05, 4.69) is 32.6 Å². The zero-order valence-electron chi connectivity index (χ0n) is 25.1. The number of hydrogen-bond donors (Lipinski definition) is 2. The van der Waals surface area contributed by atoms with Crippen molar-refractivity contribution in [3.05, 3.63) is 65.2 Å². The Kier molecular flexibility index (Phi) is 8.70. The second-order valence-corrected chi connectivity index (χ2v) is 12.5. The van der Waals surface area contributed by atoms with Crippen LogP contribution in [0.2, 0.25) is 0 Å². The van der Waals surface area contributed by atoms with Gasteiger partial charge in [-0.2, -0.15) is 0 Å². The smallest absolute Gasteiger partial charge is 0.245 e. The van der Waals surface area contributed by atoms with Crippen LogP contribution in [0.5, 0.6) is 11.5 Å². The van der Waals surface area contributed by atoms with Gasteiger partial charge in [-0.25, -0.2) is 0 Å². The van der Waals surface area contributed by atoms with Gasteiger partial charge in [-0.3, -0.25) is 19.3 Å². The van der Waals surface area contributed by atoms with Crippen LogP contribution in [0.3, 0.4) is 0 Å². The Hall–Kier alpha value is -3.85. The van der Waals surface area contributed by atoms with E-state index in [0.29, 0.717) is 44.2 Å². The highest BCUT2D eigenvalue weighted by molar-refractivity contribution is 5.92. The van der Waals surface area contributed by atoms with E-state index >= 15 is 0 Å². The SMILES string of the molecule is COc1cccc2c1OCC(CN1C[C@@H]3C[C@H](C1)[C@@H]1CCCC(=O)N[C@H](C)C(=O)N[C@@H](Cc4ccccc4)C(=O)N1C3)=C2. The molecule has 0 unspecified atom stereocenters. The second-order valence-electron chi connectivity index (χ2n) is 12.5.